The molecule has 0 saturated heterocycles. The molecule has 1 nitrogen and oxygen atoms in total. The fraction of sp³-hybridized carbons (Fsp3) is 0.333. The molecule has 1 rings (SSSR count). The molecule has 0 aromatic heterocycles. The second-order valence-corrected chi connectivity index (χ2v) is 3.91. The Morgan fingerprint density at radius 2 is 1.62 bits per heavy atom. The first-order valence-corrected chi connectivity index (χ1v) is 5.00. The van der Waals surface area contributed by atoms with E-state index in [1.165, 1.54) is 0 Å². The second kappa shape index (κ2) is 5.06. The zero-order chi connectivity index (χ0) is 9.84. The molecule has 1 aromatic rings. The Bertz CT molecular complexity index is 276. The van der Waals surface area contributed by atoms with Crippen LogP contribution in [0.1, 0.15) is 12.0 Å². The first-order chi connectivity index (χ1) is 6.15. The maximum atomic E-state index is 10.3. The summed E-state index contributed by atoms with van der Waals surface area (Å²) in [4.78, 5) is 0. The van der Waals surface area contributed by atoms with Gasteiger partial charge in [0.1, 0.15) is 0 Å². The van der Waals surface area contributed by atoms with Gasteiger partial charge in [-0.15, -0.1) is 0 Å². The minimum absolute atomic E-state index is 0.116. The van der Waals surface area contributed by atoms with Gasteiger partial charge in [0.2, 0.25) is 0 Å². The van der Waals surface area contributed by atoms with Gasteiger partial charge in [-0.25, -0.2) is 5.11 Å². The molecule has 0 N–H and O–H groups in total. The fourth-order valence-corrected chi connectivity index (χ4v) is 2.07. The van der Waals surface area contributed by atoms with Crippen LogP contribution >= 0.6 is 34.8 Å². The second-order valence-electron chi connectivity index (χ2n) is 2.66. The van der Waals surface area contributed by atoms with Gasteiger partial charge in [-0.2, -0.15) is 0 Å². The Morgan fingerprint density at radius 1 is 1.08 bits per heavy atom. The molecular weight excluding hydrogens is 230 g/mol. The molecule has 0 fully saturated rings. The molecule has 71 valence electrons. The van der Waals surface area contributed by atoms with Crippen LogP contribution in [0.5, 0.6) is 0 Å². The van der Waals surface area contributed by atoms with Gasteiger partial charge in [-0.1, -0.05) is 34.8 Å². The topological polar surface area (TPSA) is 19.9 Å². The van der Waals surface area contributed by atoms with Crippen molar-refractivity contribution in [3.63, 3.8) is 0 Å². The first kappa shape index (κ1) is 11.1. The largest absolute Gasteiger partial charge is 0.237 e. The standard InChI is InChI=1S/C9H8Cl3O/c10-6-4-8(11)7(2-1-3-13)9(12)5-6/h4-5H,1-3H2. The van der Waals surface area contributed by atoms with Gasteiger partial charge < -0.3 is 0 Å². The summed E-state index contributed by atoms with van der Waals surface area (Å²) in [7, 11) is 0. The Morgan fingerprint density at radius 3 is 2.08 bits per heavy atom. The van der Waals surface area contributed by atoms with Crippen LogP contribution in [0.4, 0.5) is 0 Å². The summed E-state index contributed by atoms with van der Waals surface area (Å²) >= 11 is 17.5. The smallest absolute Gasteiger partial charge is 0.0825 e. The lowest BCUT2D eigenvalue weighted by atomic mass is 10.1. The van der Waals surface area contributed by atoms with Crippen molar-refractivity contribution in [2.75, 3.05) is 6.61 Å². The highest BCUT2D eigenvalue weighted by atomic mass is 35.5. The number of halogens is 3. The number of hydrogen-bond donors (Lipinski definition) is 0. The van der Waals surface area contributed by atoms with E-state index < -0.39 is 0 Å². The molecule has 0 aliphatic carbocycles. The van der Waals surface area contributed by atoms with Crippen LogP contribution in [0, 0.1) is 0 Å². The average Bonchev–Trinajstić information content (AvgIpc) is 2.02. The lowest BCUT2D eigenvalue weighted by molar-refractivity contribution is 0.189. The van der Waals surface area contributed by atoms with Gasteiger partial charge in [0, 0.05) is 15.1 Å². The molecule has 0 aliphatic rings. The van der Waals surface area contributed by atoms with E-state index in [0.29, 0.717) is 27.9 Å². The molecule has 0 saturated carbocycles. The van der Waals surface area contributed by atoms with Crippen LogP contribution in [0.2, 0.25) is 15.1 Å². The van der Waals surface area contributed by atoms with Crippen LogP contribution in [0.15, 0.2) is 12.1 Å². The van der Waals surface area contributed by atoms with Crippen molar-refractivity contribution in [1.29, 1.82) is 0 Å². The summed E-state index contributed by atoms with van der Waals surface area (Å²) in [6, 6.07) is 3.27. The maximum absolute atomic E-state index is 10.3. The van der Waals surface area contributed by atoms with E-state index in [4.69, 9.17) is 34.8 Å². The van der Waals surface area contributed by atoms with Gasteiger partial charge in [-0.3, -0.25) is 0 Å². The summed E-state index contributed by atoms with van der Waals surface area (Å²) in [5.74, 6) is 0. The molecule has 13 heavy (non-hydrogen) atoms. The summed E-state index contributed by atoms with van der Waals surface area (Å²) < 4.78 is 0. The quantitative estimate of drug-likeness (QED) is 0.758. The Balaban J connectivity index is 2.92. The molecule has 0 atom stereocenters. The molecule has 0 heterocycles. The third kappa shape index (κ3) is 3.03. The molecule has 0 aliphatic heterocycles. The zero-order valence-electron chi connectivity index (χ0n) is 6.82. The van der Waals surface area contributed by atoms with Crippen LogP contribution in [0.3, 0.4) is 0 Å². The van der Waals surface area contributed by atoms with E-state index in [9.17, 15) is 5.11 Å². The minimum atomic E-state index is -0.116. The van der Waals surface area contributed by atoms with Crippen molar-refractivity contribution in [2.24, 2.45) is 0 Å². The number of benzene rings is 1. The fourth-order valence-electron chi connectivity index (χ4n) is 1.06. The molecular formula is C9H8Cl3O. The van der Waals surface area contributed by atoms with E-state index in [0.717, 1.165) is 5.56 Å². The maximum Gasteiger partial charge on any atom is 0.0825 e. The summed E-state index contributed by atoms with van der Waals surface area (Å²) in [6.45, 7) is -0.116. The Hall–Kier alpha value is 0.0500. The third-order valence-electron chi connectivity index (χ3n) is 1.68. The Labute approximate surface area is 92.2 Å². The van der Waals surface area contributed by atoms with Gasteiger partial charge in [0.05, 0.1) is 6.61 Å². The molecule has 1 radical (unpaired) electrons. The highest BCUT2D eigenvalue weighted by molar-refractivity contribution is 6.39. The van der Waals surface area contributed by atoms with E-state index in [1.807, 2.05) is 0 Å². The van der Waals surface area contributed by atoms with Crippen molar-refractivity contribution in [1.82, 2.24) is 0 Å². The van der Waals surface area contributed by atoms with Crippen molar-refractivity contribution in [2.45, 2.75) is 12.8 Å². The summed E-state index contributed by atoms with van der Waals surface area (Å²) in [5.41, 5.74) is 0.809. The SMILES string of the molecule is [O]CCCc1c(Cl)cc(Cl)cc1Cl. The predicted octanol–water partition coefficient (Wildman–Crippen LogP) is 4.01. The summed E-state index contributed by atoms with van der Waals surface area (Å²) in [5, 5.41) is 11.9. The van der Waals surface area contributed by atoms with Crippen LogP contribution in [-0.4, -0.2) is 6.61 Å². The highest BCUT2D eigenvalue weighted by Crippen LogP contribution is 2.29. The van der Waals surface area contributed by atoms with Gasteiger partial charge in [-0.05, 0) is 30.5 Å². The monoisotopic (exact) mass is 237 g/mol. The van der Waals surface area contributed by atoms with Crippen molar-refractivity contribution >= 4 is 34.8 Å². The summed E-state index contributed by atoms with van der Waals surface area (Å²) in [6.07, 6.45) is 1.15. The molecule has 0 bridgehead atoms. The normalized spacial score (nSPS) is 10.5. The number of hydrogen-bond acceptors (Lipinski definition) is 0. The van der Waals surface area contributed by atoms with Crippen LogP contribution in [-0.2, 0) is 11.5 Å². The highest BCUT2D eigenvalue weighted by Gasteiger charge is 2.06. The zero-order valence-corrected chi connectivity index (χ0v) is 9.09. The van der Waals surface area contributed by atoms with E-state index in [-0.39, 0.29) is 6.61 Å². The van der Waals surface area contributed by atoms with Gasteiger partial charge in [0.25, 0.3) is 0 Å². The first-order valence-electron chi connectivity index (χ1n) is 3.86. The number of rotatable bonds is 3. The molecule has 4 heteroatoms. The molecule has 1 aromatic carbocycles. The van der Waals surface area contributed by atoms with Crippen molar-refractivity contribution < 1.29 is 5.11 Å². The van der Waals surface area contributed by atoms with E-state index in [2.05, 4.69) is 0 Å². The molecule has 0 spiro atoms. The van der Waals surface area contributed by atoms with E-state index in [1.54, 1.807) is 12.1 Å². The van der Waals surface area contributed by atoms with Crippen LogP contribution in [0.25, 0.3) is 0 Å². The minimum Gasteiger partial charge on any atom is -0.237 e. The lowest BCUT2D eigenvalue weighted by Crippen LogP contribution is -1.91. The van der Waals surface area contributed by atoms with E-state index >= 15 is 0 Å². The third-order valence-corrected chi connectivity index (χ3v) is 2.57. The van der Waals surface area contributed by atoms with Crippen molar-refractivity contribution in [3.8, 4) is 0 Å². The van der Waals surface area contributed by atoms with Gasteiger partial charge >= 0.3 is 0 Å². The van der Waals surface area contributed by atoms with Crippen molar-refractivity contribution in [3.05, 3.63) is 32.8 Å². The lowest BCUT2D eigenvalue weighted by Gasteiger charge is -2.05. The Kier molecular flexibility index (Phi) is 4.33. The molecule has 0 unspecified atom stereocenters. The molecule has 0 amide bonds. The van der Waals surface area contributed by atoms with Gasteiger partial charge in [0.15, 0.2) is 0 Å². The van der Waals surface area contributed by atoms with Crippen LogP contribution < -0.4 is 0 Å². The predicted molar refractivity (Wildman–Crippen MR) is 55.3 cm³/mol. The average molecular weight is 239 g/mol.